The fraction of sp³-hybridized carbons (Fsp3) is 0.538. The Labute approximate surface area is 113 Å². The van der Waals surface area contributed by atoms with Crippen LogP contribution in [-0.4, -0.2) is 6.04 Å². The number of alkyl halides is 3. The van der Waals surface area contributed by atoms with Crippen molar-refractivity contribution in [2.24, 2.45) is 5.41 Å². The monoisotopic (exact) mass is 321 g/mol. The minimum Gasteiger partial charge on any atom is -0.382 e. The molecular weight excluding hydrogens is 307 g/mol. The van der Waals surface area contributed by atoms with E-state index in [1.807, 2.05) is 6.92 Å². The summed E-state index contributed by atoms with van der Waals surface area (Å²) in [6.45, 7) is 4.03. The van der Waals surface area contributed by atoms with Gasteiger partial charge in [0.15, 0.2) is 0 Å². The molecule has 1 N–H and O–H groups in total. The zero-order chi connectivity index (χ0) is 13.6. The van der Waals surface area contributed by atoms with Gasteiger partial charge >= 0.3 is 6.18 Å². The standard InChI is InChI=1S/C13H15BrF3N/c1-8(12(2)5-6-12)18-11-4-3-9(14)7-10(11)13(15,16)17/h3-4,7-8,18H,5-6H2,1-2H3. The highest BCUT2D eigenvalue weighted by molar-refractivity contribution is 9.10. The van der Waals surface area contributed by atoms with E-state index in [1.54, 1.807) is 6.07 Å². The van der Waals surface area contributed by atoms with Gasteiger partial charge in [0.25, 0.3) is 0 Å². The molecule has 5 heteroatoms. The molecule has 2 rings (SSSR count). The van der Waals surface area contributed by atoms with Crippen molar-refractivity contribution in [1.82, 2.24) is 0 Å². The second-order valence-corrected chi connectivity index (χ2v) is 6.12. The van der Waals surface area contributed by atoms with Gasteiger partial charge in [-0.3, -0.25) is 0 Å². The van der Waals surface area contributed by atoms with Gasteiger partial charge in [-0.25, -0.2) is 0 Å². The second-order valence-electron chi connectivity index (χ2n) is 5.21. The summed E-state index contributed by atoms with van der Waals surface area (Å²) in [5, 5.41) is 3.01. The Balaban J connectivity index is 2.27. The lowest BCUT2D eigenvalue weighted by Gasteiger charge is -2.24. The zero-order valence-corrected chi connectivity index (χ0v) is 11.8. The molecular formula is C13H15BrF3N. The van der Waals surface area contributed by atoms with E-state index in [1.165, 1.54) is 6.07 Å². The SMILES string of the molecule is CC(Nc1ccc(Br)cc1C(F)(F)F)C1(C)CC1. The van der Waals surface area contributed by atoms with E-state index in [0.717, 1.165) is 18.9 Å². The van der Waals surface area contributed by atoms with Crippen molar-refractivity contribution >= 4 is 21.6 Å². The summed E-state index contributed by atoms with van der Waals surface area (Å²) in [6.07, 6.45) is -2.20. The van der Waals surface area contributed by atoms with Gasteiger partial charge in [-0.2, -0.15) is 13.2 Å². The average Bonchev–Trinajstić information content (AvgIpc) is 2.99. The first-order valence-electron chi connectivity index (χ1n) is 5.86. The van der Waals surface area contributed by atoms with Gasteiger partial charge in [-0.1, -0.05) is 22.9 Å². The molecule has 0 spiro atoms. The lowest BCUT2D eigenvalue weighted by Crippen LogP contribution is -2.26. The average molecular weight is 322 g/mol. The van der Waals surface area contributed by atoms with Gasteiger partial charge in [0.2, 0.25) is 0 Å². The largest absolute Gasteiger partial charge is 0.418 e. The van der Waals surface area contributed by atoms with E-state index < -0.39 is 11.7 Å². The summed E-state index contributed by atoms with van der Waals surface area (Å²) < 4.78 is 39.2. The molecule has 1 fully saturated rings. The number of halogens is 4. The predicted molar refractivity (Wildman–Crippen MR) is 69.6 cm³/mol. The van der Waals surface area contributed by atoms with E-state index in [9.17, 15) is 13.2 Å². The van der Waals surface area contributed by atoms with Gasteiger partial charge in [0.05, 0.1) is 5.56 Å². The fourth-order valence-electron chi connectivity index (χ4n) is 1.91. The highest BCUT2D eigenvalue weighted by atomic mass is 79.9. The van der Waals surface area contributed by atoms with Gasteiger partial charge in [-0.05, 0) is 43.4 Å². The Bertz CT molecular complexity index is 452. The van der Waals surface area contributed by atoms with Gasteiger partial charge in [0.1, 0.15) is 0 Å². The summed E-state index contributed by atoms with van der Waals surface area (Å²) in [5.74, 6) is 0. The summed E-state index contributed by atoms with van der Waals surface area (Å²) in [6, 6.07) is 4.26. The first kappa shape index (κ1) is 13.7. The third kappa shape index (κ3) is 2.82. The molecule has 1 aromatic rings. The molecule has 100 valence electrons. The summed E-state index contributed by atoms with van der Waals surface area (Å²) in [7, 11) is 0. The molecule has 0 bridgehead atoms. The first-order valence-corrected chi connectivity index (χ1v) is 6.65. The Hall–Kier alpha value is -0.710. The smallest absolute Gasteiger partial charge is 0.382 e. The van der Waals surface area contributed by atoms with Crippen LogP contribution in [0.4, 0.5) is 18.9 Å². The van der Waals surface area contributed by atoms with E-state index in [0.29, 0.717) is 4.47 Å². The second kappa shape index (κ2) is 4.44. The van der Waals surface area contributed by atoms with Crippen LogP contribution < -0.4 is 5.32 Å². The van der Waals surface area contributed by atoms with Gasteiger partial charge in [0, 0.05) is 16.2 Å². The Morgan fingerprint density at radius 3 is 2.44 bits per heavy atom. The molecule has 0 amide bonds. The molecule has 0 radical (unpaired) electrons. The van der Waals surface area contributed by atoms with Crippen molar-refractivity contribution in [3.63, 3.8) is 0 Å². The highest BCUT2D eigenvalue weighted by Gasteiger charge is 2.43. The van der Waals surface area contributed by atoms with Gasteiger partial charge in [-0.15, -0.1) is 0 Å². The number of hydrogen-bond donors (Lipinski definition) is 1. The molecule has 1 atom stereocenters. The Morgan fingerprint density at radius 1 is 1.33 bits per heavy atom. The van der Waals surface area contributed by atoms with Crippen molar-refractivity contribution < 1.29 is 13.2 Å². The van der Waals surface area contributed by atoms with E-state index in [4.69, 9.17) is 0 Å². The van der Waals surface area contributed by atoms with Crippen molar-refractivity contribution in [3.05, 3.63) is 28.2 Å². The number of benzene rings is 1. The van der Waals surface area contributed by atoms with Crippen LogP contribution in [0.5, 0.6) is 0 Å². The molecule has 0 aromatic heterocycles. The molecule has 0 aliphatic heterocycles. The predicted octanol–water partition coefficient (Wildman–Crippen LogP) is 5.07. The van der Waals surface area contributed by atoms with Crippen LogP contribution in [0.15, 0.2) is 22.7 Å². The molecule has 0 heterocycles. The van der Waals surface area contributed by atoms with E-state index in [-0.39, 0.29) is 17.1 Å². The highest BCUT2D eigenvalue weighted by Crippen LogP contribution is 2.49. The van der Waals surface area contributed by atoms with Crippen LogP contribution in [0, 0.1) is 5.41 Å². The number of anilines is 1. The van der Waals surface area contributed by atoms with Gasteiger partial charge < -0.3 is 5.32 Å². The molecule has 1 aromatic carbocycles. The maximum absolute atomic E-state index is 12.9. The van der Waals surface area contributed by atoms with Crippen molar-refractivity contribution in [3.8, 4) is 0 Å². The van der Waals surface area contributed by atoms with Crippen LogP contribution in [0.25, 0.3) is 0 Å². The topological polar surface area (TPSA) is 12.0 Å². The lowest BCUT2D eigenvalue weighted by atomic mass is 10.00. The molecule has 1 nitrogen and oxygen atoms in total. The lowest BCUT2D eigenvalue weighted by molar-refractivity contribution is -0.137. The zero-order valence-electron chi connectivity index (χ0n) is 10.2. The molecule has 1 aliphatic carbocycles. The van der Waals surface area contributed by atoms with Crippen LogP contribution in [-0.2, 0) is 6.18 Å². The van der Waals surface area contributed by atoms with Crippen molar-refractivity contribution in [2.75, 3.05) is 5.32 Å². The number of hydrogen-bond acceptors (Lipinski definition) is 1. The molecule has 1 aliphatic rings. The van der Waals surface area contributed by atoms with Crippen LogP contribution in [0.1, 0.15) is 32.3 Å². The first-order chi connectivity index (χ1) is 8.22. The summed E-state index contributed by atoms with van der Waals surface area (Å²) in [4.78, 5) is 0. The summed E-state index contributed by atoms with van der Waals surface area (Å²) >= 11 is 3.08. The summed E-state index contributed by atoms with van der Waals surface area (Å²) in [5.41, 5.74) is -0.324. The Kier molecular flexibility index (Phi) is 3.38. The van der Waals surface area contributed by atoms with Crippen LogP contribution >= 0.6 is 15.9 Å². The fourth-order valence-corrected chi connectivity index (χ4v) is 2.28. The maximum Gasteiger partial charge on any atom is 0.418 e. The van der Waals surface area contributed by atoms with E-state index in [2.05, 4.69) is 28.2 Å². The normalized spacial score (nSPS) is 19.4. The number of rotatable bonds is 3. The van der Waals surface area contributed by atoms with E-state index >= 15 is 0 Å². The minimum atomic E-state index is -4.34. The quantitative estimate of drug-likeness (QED) is 0.819. The van der Waals surface area contributed by atoms with Crippen molar-refractivity contribution in [2.45, 2.75) is 38.9 Å². The van der Waals surface area contributed by atoms with Crippen molar-refractivity contribution in [1.29, 1.82) is 0 Å². The minimum absolute atomic E-state index is 0.0415. The van der Waals surface area contributed by atoms with Crippen LogP contribution in [0.2, 0.25) is 0 Å². The van der Waals surface area contributed by atoms with Crippen LogP contribution in [0.3, 0.4) is 0 Å². The number of nitrogens with one attached hydrogen (secondary N) is 1. The molecule has 18 heavy (non-hydrogen) atoms. The maximum atomic E-state index is 12.9. The molecule has 0 saturated heterocycles. The molecule has 1 unspecified atom stereocenters. The third-order valence-corrected chi connectivity index (χ3v) is 4.24. The third-order valence-electron chi connectivity index (χ3n) is 3.74. The Morgan fingerprint density at radius 2 is 1.94 bits per heavy atom. The molecule has 1 saturated carbocycles.